The van der Waals surface area contributed by atoms with Gasteiger partial charge in [-0.05, 0) is 68.2 Å². The van der Waals surface area contributed by atoms with Crippen LogP contribution >= 0.6 is 0 Å². The molecular weight excluding hydrogens is 612 g/mol. The number of hydrogen-bond acceptors (Lipinski definition) is 15. The molecule has 2 aromatic carbocycles. The van der Waals surface area contributed by atoms with E-state index in [1.54, 1.807) is 0 Å². The third-order valence-electron chi connectivity index (χ3n) is 8.73. The molecule has 2 aromatic rings. The van der Waals surface area contributed by atoms with Crippen molar-refractivity contribution < 1.29 is 75.2 Å². The van der Waals surface area contributed by atoms with Crippen molar-refractivity contribution in [2.75, 3.05) is 0 Å². The van der Waals surface area contributed by atoms with E-state index in [2.05, 4.69) is 0 Å². The number of Topliss-reactive ketones (excluding diaryl/α,β-unsaturated/α-hetero) is 2. The van der Waals surface area contributed by atoms with Crippen molar-refractivity contribution in [1.82, 2.24) is 0 Å². The Kier molecular flexibility index (Phi) is 10.1. The van der Waals surface area contributed by atoms with Gasteiger partial charge in [0.05, 0.1) is 12.2 Å². The number of aryl methyl sites for hydroxylation is 1. The number of ketones is 2. The van der Waals surface area contributed by atoms with Gasteiger partial charge in [-0.25, -0.2) is 0 Å². The molecule has 46 heavy (non-hydrogen) atoms. The molecule has 11 N–H and O–H groups in total. The van der Waals surface area contributed by atoms with Crippen LogP contribution in [0.25, 0.3) is 6.08 Å². The van der Waals surface area contributed by atoms with Crippen molar-refractivity contribution in [1.29, 1.82) is 0 Å². The van der Waals surface area contributed by atoms with Crippen LogP contribution in [0.5, 0.6) is 23.0 Å². The second-order valence-electron chi connectivity index (χ2n) is 11.7. The van der Waals surface area contributed by atoms with Crippen LogP contribution in [0.2, 0.25) is 0 Å². The Hall–Kier alpha value is -3.64. The first kappa shape index (κ1) is 35.2. The van der Waals surface area contributed by atoms with Gasteiger partial charge in [-0.2, -0.15) is 0 Å². The first-order chi connectivity index (χ1) is 21.4. The second-order valence-corrected chi connectivity index (χ2v) is 11.7. The summed E-state index contributed by atoms with van der Waals surface area (Å²) in [6, 6.07) is 7.38. The minimum absolute atomic E-state index is 0.111. The van der Waals surface area contributed by atoms with Gasteiger partial charge in [-0.3, -0.25) is 9.59 Å². The zero-order valence-corrected chi connectivity index (χ0v) is 24.8. The lowest BCUT2D eigenvalue weighted by Gasteiger charge is -2.59. The summed E-state index contributed by atoms with van der Waals surface area (Å²) < 4.78 is 11.3. The zero-order chi connectivity index (χ0) is 34.3. The van der Waals surface area contributed by atoms with Crippen molar-refractivity contribution in [2.45, 2.75) is 92.8 Å². The average molecular weight is 651 g/mol. The molecule has 252 valence electrons. The summed E-state index contributed by atoms with van der Waals surface area (Å²) in [5.74, 6) is -4.29. The lowest BCUT2D eigenvalue weighted by atomic mass is 9.62. The highest BCUT2D eigenvalue weighted by molar-refractivity contribution is 5.92. The van der Waals surface area contributed by atoms with Gasteiger partial charge in [-0.1, -0.05) is 18.2 Å². The molecule has 3 unspecified atom stereocenters. The number of phenolic OH excluding ortho intramolecular Hbond substituents is 4. The Balaban J connectivity index is 1.76. The quantitative estimate of drug-likeness (QED) is 0.133. The summed E-state index contributed by atoms with van der Waals surface area (Å²) in [5, 5.41) is 117. The number of ether oxygens (including phenoxy) is 2. The van der Waals surface area contributed by atoms with Crippen LogP contribution in [0.1, 0.15) is 31.4 Å². The highest BCUT2D eigenvalue weighted by Gasteiger charge is 2.73. The van der Waals surface area contributed by atoms with E-state index in [1.165, 1.54) is 37.3 Å². The third-order valence-corrected chi connectivity index (χ3v) is 8.73. The van der Waals surface area contributed by atoms with Crippen LogP contribution < -0.4 is 0 Å². The van der Waals surface area contributed by atoms with E-state index in [-0.39, 0.29) is 18.4 Å². The maximum Gasteiger partial charge on any atom is 0.196 e. The fraction of sp³-hybridized carbons (Fsp3) is 0.484. The maximum absolute atomic E-state index is 13.6. The molecule has 0 aromatic heterocycles. The third kappa shape index (κ3) is 6.09. The van der Waals surface area contributed by atoms with E-state index < -0.39 is 101 Å². The molecule has 15 heteroatoms. The van der Waals surface area contributed by atoms with Gasteiger partial charge >= 0.3 is 0 Å². The largest absolute Gasteiger partial charge is 0.504 e. The van der Waals surface area contributed by atoms with Gasteiger partial charge in [0.2, 0.25) is 0 Å². The van der Waals surface area contributed by atoms with Crippen molar-refractivity contribution in [3.05, 3.63) is 53.6 Å². The number of benzene rings is 2. The van der Waals surface area contributed by atoms with Crippen molar-refractivity contribution in [3.63, 3.8) is 0 Å². The van der Waals surface area contributed by atoms with Gasteiger partial charge < -0.3 is 65.6 Å². The highest BCUT2D eigenvalue weighted by atomic mass is 16.6. The molecule has 11 atom stereocenters. The molecule has 0 amide bonds. The van der Waals surface area contributed by atoms with Crippen LogP contribution in [0.4, 0.5) is 0 Å². The number of phenols is 4. The van der Waals surface area contributed by atoms with Crippen molar-refractivity contribution in [2.24, 2.45) is 0 Å². The summed E-state index contributed by atoms with van der Waals surface area (Å²) >= 11 is 0. The van der Waals surface area contributed by atoms with Crippen LogP contribution in [-0.4, -0.2) is 134 Å². The predicted octanol–water partition coefficient (Wildman–Crippen LogP) is -1.87. The van der Waals surface area contributed by atoms with E-state index in [9.17, 15) is 65.8 Å². The monoisotopic (exact) mass is 650 g/mol. The molecule has 4 rings (SSSR count). The average Bonchev–Trinajstić information content (AvgIpc) is 3.01. The van der Waals surface area contributed by atoms with Crippen LogP contribution in [0.15, 0.2) is 42.5 Å². The van der Waals surface area contributed by atoms with E-state index in [4.69, 9.17) is 9.47 Å². The first-order valence-corrected chi connectivity index (χ1v) is 14.4. The van der Waals surface area contributed by atoms with Gasteiger partial charge in [0.1, 0.15) is 42.7 Å². The Bertz CT molecular complexity index is 1480. The number of aliphatic hydroxyl groups excluding tert-OH is 5. The molecular formula is C31H38O15. The zero-order valence-electron chi connectivity index (χ0n) is 24.8. The van der Waals surface area contributed by atoms with Crippen LogP contribution in [0.3, 0.4) is 0 Å². The summed E-state index contributed by atoms with van der Waals surface area (Å²) in [5.41, 5.74) is -5.85. The van der Waals surface area contributed by atoms with Crippen LogP contribution in [0, 0.1) is 0 Å². The first-order valence-electron chi connectivity index (χ1n) is 14.4. The normalized spacial score (nSPS) is 35.6. The fourth-order valence-corrected chi connectivity index (χ4v) is 6.00. The minimum atomic E-state index is -3.31. The standard InChI is InChI=1S/C31H38O15/c1-13-23(38)25(40)26(41)29(45-13)31(44)28(42)27(24(39)19(35)9-5-15-3-7-17(33)20(36)11-15)46-22(30(31,43)14(2)32)10-6-16-4-8-18(34)21(37)12-16/h3-5,7-9,11-13,19,22-23,25-29,33-38,40-44H,6,10H2,1-2H3/t13-,19?,22?,23-,25+,26+,27-,28-,29?,30+,31-/m1/s1. The van der Waals surface area contributed by atoms with E-state index in [1.807, 2.05) is 0 Å². The summed E-state index contributed by atoms with van der Waals surface area (Å²) in [6.07, 6.45) is -16.5. The Morgan fingerprint density at radius 3 is 2.07 bits per heavy atom. The number of aliphatic hydroxyl groups is 7. The Morgan fingerprint density at radius 1 is 0.870 bits per heavy atom. The number of hydrogen-bond donors (Lipinski definition) is 11. The number of carbonyl (C=O) groups excluding carboxylic acids is 2. The summed E-state index contributed by atoms with van der Waals surface area (Å²) in [6.45, 7) is 2.10. The lowest BCUT2D eigenvalue weighted by molar-refractivity contribution is -0.356. The van der Waals surface area contributed by atoms with Gasteiger partial charge in [-0.15, -0.1) is 0 Å². The SMILES string of the molecule is CC(=O)[C@]1(O)C(CCc2ccc(O)c(O)c2)O[C@H](C(=O)C(O)C=Cc2ccc(O)c(O)c2)[C@@H](O)[C@@]1(O)C1O[C@H](C)[C@@H](O)[C@H](O)[C@@H]1O. The molecule has 2 aliphatic heterocycles. The molecule has 0 saturated carbocycles. The van der Waals surface area contributed by atoms with E-state index in [0.717, 1.165) is 25.1 Å². The maximum atomic E-state index is 13.6. The van der Waals surface area contributed by atoms with Crippen LogP contribution in [-0.2, 0) is 25.5 Å². The Morgan fingerprint density at radius 2 is 1.48 bits per heavy atom. The molecule has 0 bridgehead atoms. The molecule has 0 aliphatic carbocycles. The number of carbonyl (C=O) groups is 2. The molecule has 2 saturated heterocycles. The van der Waals surface area contributed by atoms with E-state index >= 15 is 0 Å². The molecule has 2 aliphatic rings. The molecule has 2 heterocycles. The highest BCUT2D eigenvalue weighted by Crippen LogP contribution is 2.47. The predicted molar refractivity (Wildman–Crippen MR) is 156 cm³/mol. The topological polar surface area (TPSA) is 275 Å². The van der Waals surface area contributed by atoms with Crippen molar-refractivity contribution in [3.8, 4) is 23.0 Å². The van der Waals surface area contributed by atoms with Crippen molar-refractivity contribution >= 4 is 17.6 Å². The Labute approximate surface area is 262 Å². The molecule has 15 nitrogen and oxygen atoms in total. The minimum Gasteiger partial charge on any atom is -0.504 e. The fourth-order valence-electron chi connectivity index (χ4n) is 6.00. The van der Waals surface area contributed by atoms with Gasteiger partial charge in [0.15, 0.2) is 45.8 Å². The summed E-state index contributed by atoms with van der Waals surface area (Å²) in [4.78, 5) is 26.8. The second kappa shape index (κ2) is 13.2. The summed E-state index contributed by atoms with van der Waals surface area (Å²) in [7, 11) is 0. The molecule has 2 fully saturated rings. The van der Waals surface area contributed by atoms with Gasteiger partial charge in [0.25, 0.3) is 0 Å². The van der Waals surface area contributed by atoms with E-state index in [0.29, 0.717) is 5.56 Å². The smallest absolute Gasteiger partial charge is 0.196 e. The van der Waals surface area contributed by atoms with Gasteiger partial charge in [0, 0.05) is 0 Å². The lowest BCUT2D eigenvalue weighted by Crippen LogP contribution is -2.84. The molecule has 0 spiro atoms. The number of aromatic hydroxyl groups is 4. The number of rotatable bonds is 9. The molecule has 0 radical (unpaired) electrons.